The molecule has 0 saturated heterocycles. The Bertz CT molecular complexity index is 580. The molecule has 21 heavy (non-hydrogen) atoms. The summed E-state index contributed by atoms with van der Waals surface area (Å²) in [7, 11) is 1.80. The highest BCUT2D eigenvalue weighted by Gasteiger charge is 2.18. The molecule has 0 radical (unpaired) electrons. The Labute approximate surface area is 124 Å². The maximum absolute atomic E-state index is 12.2. The van der Waals surface area contributed by atoms with Gasteiger partial charge in [0.1, 0.15) is 12.4 Å². The van der Waals surface area contributed by atoms with Gasteiger partial charge in [0.25, 0.3) is 5.91 Å². The van der Waals surface area contributed by atoms with Crippen LogP contribution in [0.4, 0.5) is 0 Å². The molecule has 1 N–H and O–H groups in total. The molecule has 0 bridgehead atoms. The van der Waals surface area contributed by atoms with Crippen LogP contribution < -0.4 is 4.74 Å². The standard InChI is InChI=1S/C16H21N3O2/c1-4-12(2)19(3)16(20)15-10-13(17-18-15)11-21-14-8-6-5-7-9-14/h5-10,12H,4,11H2,1-3H3,(H,17,18)/t12-/m1/s1. The summed E-state index contributed by atoms with van der Waals surface area (Å²) in [5.74, 6) is 0.711. The summed E-state index contributed by atoms with van der Waals surface area (Å²) >= 11 is 0. The number of H-pyrrole nitrogens is 1. The molecule has 0 aliphatic heterocycles. The number of rotatable bonds is 6. The highest BCUT2D eigenvalue weighted by molar-refractivity contribution is 5.92. The van der Waals surface area contributed by atoms with Crippen LogP contribution in [0.5, 0.6) is 5.75 Å². The Morgan fingerprint density at radius 2 is 2.10 bits per heavy atom. The van der Waals surface area contributed by atoms with E-state index in [2.05, 4.69) is 17.1 Å². The first kappa shape index (κ1) is 15.1. The second-order valence-corrected chi connectivity index (χ2v) is 5.05. The van der Waals surface area contributed by atoms with E-state index in [1.165, 1.54) is 0 Å². The van der Waals surface area contributed by atoms with Crippen molar-refractivity contribution in [1.29, 1.82) is 0 Å². The van der Waals surface area contributed by atoms with Gasteiger partial charge in [-0.2, -0.15) is 5.10 Å². The average Bonchev–Trinajstić information content (AvgIpc) is 3.00. The van der Waals surface area contributed by atoms with Crippen molar-refractivity contribution in [3.8, 4) is 5.75 Å². The van der Waals surface area contributed by atoms with Crippen LogP contribution in [-0.2, 0) is 6.61 Å². The van der Waals surface area contributed by atoms with Gasteiger partial charge in [-0.25, -0.2) is 0 Å². The van der Waals surface area contributed by atoms with Crippen molar-refractivity contribution >= 4 is 5.91 Å². The van der Waals surface area contributed by atoms with Crippen LogP contribution >= 0.6 is 0 Å². The predicted molar refractivity (Wildman–Crippen MR) is 81.2 cm³/mol. The Balaban J connectivity index is 1.96. The fraction of sp³-hybridized carbons (Fsp3) is 0.375. The molecule has 0 aliphatic rings. The molecule has 2 rings (SSSR count). The SMILES string of the molecule is CC[C@@H](C)N(C)C(=O)c1cc(COc2ccccc2)[nH]n1. The summed E-state index contributed by atoms with van der Waals surface area (Å²) in [5.41, 5.74) is 1.20. The number of nitrogens with zero attached hydrogens (tertiary/aromatic N) is 2. The lowest BCUT2D eigenvalue weighted by Gasteiger charge is -2.22. The second kappa shape index (κ2) is 6.92. The van der Waals surface area contributed by atoms with Crippen molar-refractivity contribution in [2.45, 2.75) is 32.9 Å². The van der Waals surface area contributed by atoms with Gasteiger partial charge in [0, 0.05) is 13.1 Å². The fourth-order valence-electron chi connectivity index (χ4n) is 1.88. The zero-order chi connectivity index (χ0) is 15.2. The molecular weight excluding hydrogens is 266 g/mol. The molecule has 1 aromatic carbocycles. The van der Waals surface area contributed by atoms with E-state index in [0.717, 1.165) is 17.9 Å². The number of para-hydroxylation sites is 1. The molecule has 112 valence electrons. The molecule has 0 saturated carbocycles. The van der Waals surface area contributed by atoms with Crippen LogP contribution in [0.15, 0.2) is 36.4 Å². The van der Waals surface area contributed by atoms with Crippen molar-refractivity contribution in [1.82, 2.24) is 15.1 Å². The minimum Gasteiger partial charge on any atom is -0.487 e. The van der Waals surface area contributed by atoms with Crippen LogP contribution in [0.2, 0.25) is 0 Å². The van der Waals surface area contributed by atoms with E-state index in [4.69, 9.17) is 4.74 Å². The normalized spacial score (nSPS) is 12.0. The molecule has 1 heterocycles. The Morgan fingerprint density at radius 1 is 1.38 bits per heavy atom. The summed E-state index contributed by atoms with van der Waals surface area (Å²) in [6.07, 6.45) is 0.913. The largest absolute Gasteiger partial charge is 0.487 e. The number of aromatic nitrogens is 2. The van der Waals surface area contributed by atoms with Crippen LogP contribution in [-0.4, -0.2) is 34.1 Å². The van der Waals surface area contributed by atoms with Crippen LogP contribution in [0.1, 0.15) is 36.5 Å². The first-order valence-electron chi connectivity index (χ1n) is 7.11. The number of amides is 1. The van der Waals surface area contributed by atoms with Gasteiger partial charge in [0.15, 0.2) is 5.69 Å². The van der Waals surface area contributed by atoms with Crippen molar-refractivity contribution < 1.29 is 9.53 Å². The average molecular weight is 287 g/mol. The van der Waals surface area contributed by atoms with Gasteiger partial charge in [-0.1, -0.05) is 25.1 Å². The number of aromatic amines is 1. The zero-order valence-corrected chi connectivity index (χ0v) is 12.7. The van der Waals surface area contributed by atoms with Gasteiger partial charge in [-0.15, -0.1) is 0 Å². The van der Waals surface area contributed by atoms with Crippen molar-refractivity contribution in [3.05, 3.63) is 47.8 Å². The number of hydrogen-bond donors (Lipinski definition) is 1. The topological polar surface area (TPSA) is 58.2 Å². The predicted octanol–water partition coefficient (Wildman–Crippen LogP) is 2.86. The minimum absolute atomic E-state index is 0.0773. The van der Waals surface area contributed by atoms with E-state index in [1.807, 2.05) is 37.3 Å². The van der Waals surface area contributed by atoms with Crippen molar-refractivity contribution in [2.75, 3.05) is 7.05 Å². The van der Waals surface area contributed by atoms with E-state index in [-0.39, 0.29) is 11.9 Å². The molecule has 0 aliphatic carbocycles. The van der Waals surface area contributed by atoms with E-state index in [9.17, 15) is 4.79 Å². The summed E-state index contributed by atoms with van der Waals surface area (Å²) in [6.45, 7) is 4.43. The van der Waals surface area contributed by atoms with E-state index < -0.39 is 0 Å². The lowest BCUT2D eigenvalue weighted by molar-refractivity contribution is 0.0734. The number of carbonyl (C=O) groups is 1. The van der Waals surface area contributed by atoms with Crippen LogP contribution in [0.3, 0.4) is 0 Å². The lowest BCUT2D eigenvalue weighted by Crippen LogP contribution is -2.34. The van der Waals surface area contributed by atoms with Gasteiger partial charge < -0.3 is 9.64 Å². The highest BCUT2D eigenvalue weighted by Crippen LogP contribution is 2.12. The van der Waals surface area contributed by atoms with Crippen LogP contribution in [0, 0.1) is 0 Å². The molecule has 1 amide bonds. The number of nitrogens with one attached hydrogen (secondary N) is 1. The molecule has 5 heteroatoms. The maximum atomic E-state index is 12.2. The minimum atomic E-state index is -0.0773. The van der Waals surface area contributed by atoms with Crippen molar-refractivity contribution in [3.63, 3.8) is 0 Å². The van der Waals surface area contributed by atoms with Crippen LogP contribution in [0.25, 0.3) is 0 Å². The first-order chi connectivity index (χ1) is 10.1. The Hall–Kier alpha value is -2.30. The highest BCUT2D eigenvalue weighted by atomic mass is 16.5. The third kappa shape index (κ3) is 3.84. The zero-order valence-electron chi connectivity index (χ0n) is 12.7. The third-order valence-corrected chi connectivity index (χ3v) is 3.56. The molecule has 2 aromatic rings. The van der Waals surface area contributed by atoms with E-state index >= 15 is 0 Å². The molecule has 0 spiro atoms. The number of ether oxygens (including phenoxy) is 1. The lowest BCUT2D eigenvalue weighted by atomic mass is 10.2. The monoisotopic (exact) mass is 287 g/mol. The molecule has 1 aromatic heterocycles. The third-order valence-electron chi connectivity index (χ3n) is 3.56. The van der Waals surface area contributed by atoms with Gasteiger partial charge >= 0.3 is 0 Å². The fourth-order valence-corrected chi connectivity index (χ4v) is 1.88. The van der Waals surface area contributed by atoms with Crippen molar-refractivity contribution in [2.24, 2.45) is 0 Å². The number of hydrogen-bond acceptors (Lipinski definition) is 3. The van der Waals surface area contributed by atoms with Gasteiger partial charge in [-0.05, 0) is 31.5 Å². The molecule has 0 unspecified atom stereocenters. The van der Waals surface area contributed by atoms with Gasteiger partial charge in [0.05, 0.1) is 5.69 Å². The van der Waals surface area contributed by atoms with Gasteiger partial charge in [-0.3, -0.25) is 9.89 Å². The first-order valence-corrected chi connectivity index (χ1v) is 7.11. The summed E-state index contributed by atoms with van der Waals surface area (Å²) < 4.78 is 5.62. The molecular formula is C16H21N3O2. The van der Waals surface area contributed by atoms with Gasteiger partial charge in [0.2, 0.25) is 0 Å². The quantitative estimate of drug-likeness (QED) is 0.888. The Morgan fingerprint density at radius 3 is 2.76 bits per heavy atom. The second-order valence-electron chi connectivity index (χ2n) is 5.05. The smallest absolute Gasteiger partial charge is 0.274 e. The summed E-state index contributed by atoms with van der Waals surface area (Å²) in [5, 5.41) is 6.92. The number of carbonyl (C=O) groups excluding carboxylic acids is 1. The Kier molecular flexibility index (Phi) is 4.98. The maximum Gasteiger partial charge on any atom is 0.274 e. The summed E-state index contributed by atoms with van der Waals surface area (Å²) in [6, 6.07) is 11.5. The van der Waals surface area contributed by atoms with E-state index in [1.54, 1.807) is 18.0 Å². The molecule has 0 fully saturated rings. The number of benzene rings is 1. The molecule has 5 nitrogen and oxygen atoms in total. The molecule has 1 atom stereocenters. The summed E-state index contributed by atoms with van der Waals surface area (Å²) in [4.78, 5) is 13.9. The van der Waals surface area contributed by atoms with E-state index in [0.29, 0.717) is 12.3 Å².